The van der Waals surface area contributed by atoms with Gasteiger partial charge in [0.2, 0.25) is 0 Å². The molecule has 4 heteroatoms. The number of rotatable bonds is 2. The van der Waals surface area contributed by atoms with Crippen molar-refractivity contribution in [1.82, 2.24) is 0 Å². The molecule has 3 rings (SSSR count). The average Bonchev–Trinajstić information content (AvgIpc) is 2.90. The Balaban J connectivity index is 0.000000810. The molecule has 0 N–H and O–H groups in total. The van der Waals surface area contributed by atoms with Crippen molar-refractivity contribution in [3.05, 3.63) is 57.2 Å². The summed E-state index contributed by atoms with van der Waals surface area (Å²) in [4.78, 5) is 0. The smallest absolute Gasteiger partial charge is 1.00 e. The summed E-state index contributed by atoms with van der Waals surface area (Å²) < 4.78 is 3.40. The summed E-state index contributed by atoms with van der Waals surface area (Å²) in [6.45, 7) is 2.35. The van der Waals surface area contributed by atoms with Crippen LogP contribution in [0.4, 0.5) is 0 Å². The number of fused-ring (bicyclic) bond motifs is 1. The minimum absolute atomic E-state index is 0. The van der Waals surface area contributed by atoms with Gasteiger partial charge in [-0.3, -0.25) is 0 Å². The first kappa shape index (κ1) is 16.1. The maximum Gasteiger partial charge on any atom is -1.00 e. The molecule has 0 saturated carbocycles. The summed E-state index contributed by atoms with van der Waals surface area (Å²) in [5.74, 6) is 2.95. The van der Waals surface area contributed by atoms with Crippen molar-refractivity contribution in [3.8, 4) is 0 Å². The van der Waals surface area contributed by atoms with Crippen molar-refractivity contribution >= 4 is 17.9 Å². The van der Waals surface area contributed by atoms with Crippen LogP contribution in [0.25, 0.3) is 6.08 Å². The van der Waals surface area contributed by atoms with E-state index in [0.717, 1.165) is 8.19 Å². The molecule has 1 heterocycles. The van der Waals surface area contributed by atoms with E-state index in [9.17, 15) is 0 Å². The van der Waals surface area contributed by atoms with E-state index in [1.807, 2.05) is 0 Å². The molecule has 0 spiro atoms. The molecule has 1 aromatic carbocycles. The van der Waals surface area contributed by atoms with E-state index in [-0.39, 0.29) is 44.0 Å². The van der Waals surface area contributed by atoms with Gasteiger partial charge in [-0.2, -0.15) is 0 Å². The molecule has 1 aliphatic carbocycles. The zero-order valence-corrected chi connectivity index (χ0v) is 14.0. The molecule has 1 aliphatic rings. The number of hydrogen-bond donors (Lipinski definition) is 0. The third kappa shape index (κ3) is 3.13. The Morgan fingerprint density at radius 3 is 2.50 bits per heavy atom. The summed E-state index contributed by atoms with van der Waals surface area (Å²) in [5, 5.41) is 0. The summed E-state index contributed by atoms with van der Waals surface area (Å²) in [6, 6.07) is 13.4. The second kappa shape index (κ2) is 6.99. The van der Waals surface area contributed by atoms with E-state index in [4.69, 9.17) is 0 Å². The Morgan fingerprint density at radius 1 is 1.06 bits per heavy atom. The van der Waals surface area contributed by atoms with E-state index in [1.165, 1.54) is 11.1 Å². The molecule has 0 amide bonds. The molecule has 0 fully saturated rings. The standard InChI is InChI=1S/C10H9.C4H4P.2ClH.Ti/c1-8-6-7-9-4-2-3-5-10(8)9;1-2-4-5-3-1;;;/h2-5,7-8H,1H3;1-3,5H;2*1H;/q;;;;+2/p-2. The molecule has 0 bridgehead atoms. The van der Waals surface area contributed by atoms with Crippen LogP contribution in [0.3, 0.4) is 0 Å². The van der Waals surface area contributed by atoms with Gasteiger partial charge >= 0.3 is 107 Å². The molecule has 2 atom stereocenters. The molecule has 2 aromatic rings. The summed E-state index contributed by atoms with van der Waals surface area (Å²) in [5.41, 5.74) is 2.97. The van der Waals surface area contributed by atoms with Crippen LogP contribution in [0.1, 0.15) is 24.0 Å². The van der Waals surface area contributed by atoms with E-state index in [1.54, 1.807) is 7.48 Å². The molecule has 2 unspecified atom stereocenters. The van der Waals surface area contributed by atoms with Crippen LogP contribution in [0.2, 0.25) is 0 Å². The molecule has 0 radical (unpaired) electrons. The first-order valence-electron chi connectivity index (χ1n) is 5.55. The molecule has 0 saturated heterocycles. The van der Waals surface area contributed by atoms with Gasteiger partial charge in [0.15, 0.2) is 0 Å². The predicted octanol–water partition coefficient (Wildman–Crippen LogP) is -2.41. The van der Waals surface area contributed by atoms with E-state index in [0.29, 0.717) is 5.92 Å². The van der Waals surface area contributed by atoms with Gasteiger partial charge in [0.05, 0.1) is 0 Å². The fourth-order valence-corrected chi connectivity index (χ4v) is 5.87. The molecule has 1 aromatic heterocycles. The summed E-state index contributed by atoms with van der Waals surface area (Å²) in [7, 11) is 0.958. The molecule has 0 nitrogen and oxygen atoms in total. The zero-order valence-electron chi connectivity index (χ0n) is 9.95. The van der Waals surface area contributed by atoms with Gasteiger partial charge in [-0.15, -0.1) is 0 Å². The van der Waals surface area contributed by atoms with Crippen molar-refractivity contribution in [1.29, 1.82) is 0 Å². The maximum atomic E-state index is 2.43. The predicted molar refractivity (Wildman–Crippen MR) is 68.4 cm³/mol. The van der Waals surface area contributed by atoms with Crippen molar-refractivity contribution in [2.45, 2.75) is 12.8 Å². The minimum atomic E-state index is -0.0422. The third-order valence-electron chi connectivity index (χ3n) is 3.12. The molecule has 0 aliphatic heterocycles. The van der Waals surface area contributed by atoms with E-state index < -0.39 is 0 Å². The Hall–Kier alpha value is 0.0343. The summed E-state index contributed by atoms with van der Waals surface area (Å²) >= 11 is -0.0422. The van der Waals surface area contributed by atoms with Crippen molar-refractivity contribution in [3.63, 3.8) is 0 Å². The van der Waals surface area contributed by atoms with Gasteiger partial charge in [-0.1, -0.05) is 0 Å². The fourth-order valence-electron chi connectivity index (χ4n) is 2.20. The second-order valence-corrected chi connectivity index (χ2v) is 8.23. The van der Waals surface area contributed by atoms with Gasteiger partial charge in [0.25, 0.3) is 0 Å². The Bertz CT molecular complexity index is 534. The third-order valence-corrected chi connectivity index (χ3v) is 7.18. The Morgan fingerprint density at radius 2 is 1.83 bits per heavy atom. The quantitative estimate of drug-likeness (QED) is 0.538. The van der Waals surface area contributed by atoms with E-state index >= 15 is 0 Å². The molecular formula is C14H13Cl2PTi. The average molecular weight is 331 g/mol. The minimum Gasteiger partial charge on any atom is -1.00 e. The SMILES string of the molecule is CC1[C]([Ti+2][c]2ccc[pH]2)=Cc2ccccc21.[Cl-].[Cl-]. The topological polar surface area (TPSA) is 0 Å². The van der Waals surface area contributed by atoms with Crippen LogP contribution in [0.15, 0.2) is 46.1 Å². The van der Waals surface area contributed by atoms with Crippen molar-refractivity contribution in [2.75, 3.05) is 0 Å². The van der Waals surface area contributed by atoms with Crippen LogP contribution in [0, 0.1) is 0 Å². The normalized spacial score (nSPS) is 16.3. The Labute approximate surface area is 131 Å². The van der Waals surface area contributed by atoms with Crippen molar-refractivity contribution < 1.29 is 44.0 Å². The van der Waals surface area contributed by atoms with Gasteiger partial charge in [0, 0.05) is 0 Å². The van der Waals surface area contributed by atoms with Crippen LogP contribution in [-0.4, -0.2) is 0 Å². The van der Waals surface area contributed by atoms with Crippen LogP contribution in [0.5, 0.6) is 0 Å². The number of halogens is 2. The Kier molecular flexibility index (Phi) is 6.25. The van der Waals surface area contributed by atoms with E-state index in [2.05, 4.69) is 55.2 Å². The van der Waals surface area contributed by atoms with Gasteiger partial charge in [-0.25, -0.2) is 0 Å². The molecule has 18 heavy (non-hydrogen) atoms. The van der Waals surface area contributed by atoms with Crippen LogP contribution < -0.4 is 28.4 Å². The monoisotopic (exact) mass is 330 g/mol. The zero-order chi connectivity index (χ0) is 11.0. The number of allylic oxidation sites excluding steroid dienone is 1. The van der Waals surface area contributed by atoms with Crippen molar-refractivity contribution in [2.24, 2.45) is 0 Å². The molecule has 92 valence electrons. The second-order valence-electron chi connectivity index (χ2n) is 4.16. The van der Waals surface area contributed by atoms with Gasteiger partial charge < -0.3 is 24.8 Å². The van der Waals surface area contributed by atoms with Crippen LogP contribution in [-0.2, 0) is 19.2 Å². The van der Waals surface area contributed by atoms with Gasteiger partial charge in [0.1, 0.15) is 0 Å². The first-order valence-corrected chi connectivity index (χ1v) is 8.19. The van der Waals surface area contributed by atoms with Gasteiger partial charge in [-0.05, 0) is 0 Å². The summed E-state index contributed by atoms with van der Waals surface area (Å²) in [6.07, 6.45) is 2.43. The van der Waals surface area contributed by atoms with Crippen LogP contribution >= 0.6 is 8.19 Å². The number of hydrogen-bond acceptors (Lipinski definition) is 0. The maximum absolute atomic E-state index is 2.43. The molecular weight excluding hydrogens is 318 g/mol. The first-order chi connectivity index (χ1) is 7.84. The fraction of sp³-hybridized carbons (Fsp3) is 0.143. The largest absolute Gasteiger partial charge is 1.00 e. The number of benzene rings is 1.